The summed E-state index contributed by atoms with van der Waals surface area (Å²) >= 11 is 3.30. The van der Waals surface area contributed by atoms with Gasteiger partial charge in [-0.3, -0.25) is 0 Å². The summed E-state index contributed by atoms with van der Waals surface area (Å²) in [4.78, 5) is 0. The molecule has 54 valence electrons. The molecule has 0 saturated carbocycles. The highest BCUT2D eigenvalue weighted by Crippen LogP contribution is 2.09. The minimum absolute atomic E-state index is 0.365. The number of halogens is 1. The van der Waals surface area contributed by atoms with Gasteiger partial charge >= 0.3 is 0 Å². The number of hydrogen-bond acceptors (Lipinski definition) is 1. The lowest BCUT2D eigenvalue weighted by molar-refractivity contribution is 0.818. The summed E-state index contributed by atoms with van der Waals surface area (Å²) < 4.78 is 21.8. The van der Waals surface area contributed by atoms with Crippen LogP contribution >= 0.6 is 15.9 Å². The van der Waals surface area contributed by atoms with Gasteiger partial charge in [-0.05, 0) is 24.7 Å². The minimum atomic E-state index is -2.06. The first-order valence-corrected chi connectivity index (χ1v) is 3.76. The number of hydrogen-bond donors (Lipinski definition) is 1. The van der Waals surface area contributed by atoms with Gasteiger partial charge in [0, 0.05) is 15.1 Å². The van der Waals surface area contributed by atoms with Crippen molar-refractivity contribution in [3.8, 4) is 0 Å². The van der Waals surface area contributed by atoms with Gasteiger partial charge in [-0.15, -0.1) is 0 Å². The van der Waals surface area contributed by atoms with E-state index in [1.54, 1.807) is 0 Å². The van der Waals surface area contributed by atoms with Crippen molar-refractivity contribution in [1.29, 1.82) is 0 Å². The third kappa shape index (κ3) is 2.12. The molecular formula is C8H10BrN. The van der Waals surface area contributed by atoms with Crippen LogP contribution in [0.5, 0.6) is 0 Å². The van der Waals surface area contributed by atoms with Crippen molar-refractivity contribution in [3.05, 3.63) is 34.3 Å². The SMILES string of the molecule is [2H]C([2H])([2H])NCc1ccc(Br)cc1. The zero-order chi connectivity index (χ0) is 9.90. The molecule has 0 amide bonds. The maximum Gasteiger partial charge on any atom is 0.0391 e. The van der Waals surface area contributed by atoms with Crippen LogP contribution in [0.25, 0.3) is 0 Å². The summed E-state index contributed by atoms with van der Waals surface area (Å²) in [7, 11) is 0. The van der Waals surface area contributed by atoms with Gasteiger partial charge < -0.3 is 5.32 Å². The molecule has 10 heavy (non-hydrogen) atoms. The van der Waals surface area contributed by atoms with Gasteiger partial charge in [0.25, 0.3) is 0 Å². The van der Waals surface area contributed by atoms with Crippen LogP contribution < -0.4 is 5.32 Å². The van der Waals surface area contributed by atoms with Crippen LogP contribution in [-0.4, -0.2) is 6.98 Å². The summed E-state index contributed by atoms with van der Waals surface area (Å²) in [6, 6.07) is 7.53. The van der Waals surface area contributed by atoms with Crippen LogP contribution in [0.3, 0.4) is 0 Å². The van der Waals surface area contributed by atoms with Crippen LogP contribution in [0.15, 0.2) is 28.7 Å². The van der Waals surface area contributed by atoms with Crippen molar-refractivity contribution in [2.45, 2.75) is 6.54 Å². The Morgan fingerprint density at radius 3 is 2.80 bits per heavy atom. The van der Waals surface area contributed by atoms with Gasteiger partial charge in [-0.2, -0.15) is 0 Å². The predicted octanol–water partition coefficient (Wildman–Crippen LogP) is 2.17. The van der Waals surface area contributed by atoms with E-state index in [0.29, 0.717) is 6.54 Å². The van der Waals surface area contributed by atoms with Crippen LogP contribution in [-0.2, 0) is 6.54 Å². The Bertz CT molecular complexity index is 268. The zero-order valence-corrected chi connectivity index (χ0v) is 6.98. The van der Waals surface area contributed by atoms with E-state index >= 15 is 0 Å². The second kappa shape index (κ2) is 3.74. The molecule has 0 aliphatic heterocycles. The molecule has 1 N–H and O–H groups in total. The van der Waals surface area contributed by atoms with E-state index in [9.17, 15) is 0 Å². The maximum atomic E-state index is 6.94. The summed E-state index contributed by atoms with van der Waals surface area (Å²) in [5, 5.41) is 2.44. The monoisotopic (exact) mass is 202 g/mol. The third-order valence-corrected chi connectivity index (χ3v) is 1.73. The first-order chi connectivity index (χ1) is 5.97. The molecule has 0 fully saturated rings. The Morgan fingerprint density at radius 1 is 1.50 bits per heavy atom. The molecule has 0 saturated heterocycles. The van der Waals surface area contributed by atoms with Crippen molar-refractivity contribution in [2.75, 3.05) is 6.98 Å². The lowest BCUT2D eigenvalue weighted by atomic mass is 10.2. The molecule has 0 aliphatic rings. The molecule has 1 nitrogen and oxygen atoms in total. The highest BCUT2D eigenvalue weighted by molar-refractivity contribution is 9.10. The van der Waals surface area contributed by atoms with Crippen LogP contribution in [0.1, 0.15) is 9.68 Å². The van der Waals surface area contributed by atoms with Crippen molar-refractivity contribution < 1.29 is 4.11 Å². The second-order valence-corrected chi connectivity index (χ2v) is 2.90. The van der Waals surface area contributed by atoms with Crippen molar-refractivity contribution in [1.82, 2.24) is 5.32 Å². The largest absolute Gasteiger partial charge is 0.316 e. The number of rotatable bonds is 2. The second-order valence-electron chi connectivity index (χ2n) is 1.98. The van der Waals surface area contributed by atoms with Gasteiger partial charge in [0.1, 0.15) is 0 Å². The van der Waals surface area contributed by atoms with Gasteiger partial charge in [-0.1, -0.05) is 28.1 Å². The minimum Gasteiger partial charge on any atom is -0.316 e. The first kappa shape index (κ1) is 4.52. The molecule has 0 radical (unpaired) electrons. The van der Waals surface area contributed by atoms with Crippen LogP contribution in [0.2, 0.25) is 0 Å². The Balaban J connectivity index is 2.51. The van der Waals surface area contributed by atoms with E-state index < -0.39 is 6.98 Å². The van der Waals surface area contributed by atoms with Gasteiger partial charge in [-0.25, -0.2) is 0 Å². The Kier molecular flexibility index (Phi) is 1.69. The maximum absolute atomic E-state index is 6.94. The summed E-state index contributed by atoms with van der Waals surface area (Å²) in [6.45, 7) is -1.70. The Hall–Kier alpha value is -0.340. The number of benzene rings is 1. The molecule has 0 aromatic heterocycles. The standard InChI is InChI=1S/C8H10BrN/c1-10-6-7-2-4-8(9)5-3-7/h2-5,10H,6H2,1H3/i1D3. The Morgan fingerprint density at radius 2 is 2.20 bits per heavy atom. The molecule has 0 unspecified atom stereocenters. The van der Waals surface area contributed by atoms with Gasteiger partial charge in [0.05, 0.1) is 0 Å². The molecular weight excluding hydrogens is 190 g/mol. The average Bonchev–Trinajstić information content (AvgIpc) is 2.02. The third-order valence-electron chi connectivity index (χ3n) is 1.21. The van der Waals surface area contributed by atoms with Crippen LogP contribution in [0, 0.1) is 0 Å². The summed E-state index contributed by atoms with van der Waals surface area (Å²) in [6.07, 6.45) is 0. The topological polar surface area (TPSA) is 12.0 Å². The van der Waals surface area contributed by atoms with Crippen molar-refractivity contribution in [2.24, 2.45) is 0 Å². The van der Waals surface area contributed by atoms with E-state index in [4.69, 9.17) is 4.11 Å². The molecule has 1 rings (SSSR count). The lowest BCUT2D eigenvalue weighted by Gasteiger charge is -1.97. The van der Waals surface area contributed by atoms with Crippen LogP contribution in [0.4, 0.5) is 0 Å². The molecule has 0 spiro atoms. The predicted molar refractivity (Wildman–Crippen MR) is 46.9 cm³/mol. The van der Waals surface area contributed by atoms with E-state index in [2.05, 4.69) is 21.2 Å². The summed E-state index contributed by atoms with van der Waals surface area (Å²) in [5.74, 6) is 0. The first-order valence-electron chi connectivity index (χ1n) is 4.47. The fourth-order valence-electron chi connectivity index (χ4n) is 0.704. The molecule has 0 atom stereocenters. The molecule has 0 aliphatic carbocycles. The molecule has 0 bridgehead atoms. The molecule has 2 heteroatoms. The fraction of sp³-hybridized carbons (Fsp3) is 0.250. The zero-order valence-electron chi connectivity index (χ0n) is 8.39. The van der Waals surface area contributed by atoms with Gasteiger partial charge in [0.2, 0.25) is 0 Å². The van der Waals surface area contributed by atoms with Gasteiger partial charge in [0.15, 0.2) is 0 Å². The van der Waals surface area contributed by atoms with E-state index in [1.807, 2.05) is 24.3 Å². The van der Waals surface area contributed by atoms with E-state index in [0.717, 1.165) is 10.0 Å². The Labute approximate surface area is 73.8 Å². The highest BCUT2D eigenvalue weighted by atomic mass is 79.9. The molecule has 1 aromatic rings. The average molecular weight is 203 g/mol. The quantitative estimate of drug-likeness (QED) is 0.776. The number of nitrogens with one attached hydrogen (secondary N) is 1. The lowest BCUT2D eigenvalue weighted by Crippen LogP contribution is -2.04. The van der Waals surface area contributed by atoms with Crippen molar-refractivity contribution >= 4 is 15.9 Å². The fourth-order valence-corrected chi connectivity index (χ4v) is 0.969. The highest BCUT2D eigenvalue weighted by Gasteiger charge is 1.88. The smallest absolute Gasteiger partial charge is 0.0391 e. The van der Waals surface area contributed by atoms with Crippen molar-refractivity contribution in [3.63, 3.8) is 0 Å². The normalized spacial score (nSPS) is 15.5. The molecule has 0 heterocycles. The molecule has 1 aromatic carbocycles. The van der Waals surface area contributed by atoms with E-state index in [1.165, 1.54) is 0 Å². The summed E-state index contributed by atoms with van der Waals surface area (Å²) in [5.41, 5.74) is 0.958. The van der Waals surface area contributed by atoms with E-state index in [-0.39, 0.29) is 0 Å².